The summed E-state index contributed by atoms with van der Waals surface area (Å²) in [7, 11) is -0.657. The Morgan fingerprint density at radius 1 is 1.05 bits per heavy atom. The second-order valence-corrected chi connectivity index (χ2v) is 16.8. The van der Waals surface area contributed by atoms with E-state index in [9.17, 15) is 14.7 Å². The zero-order chi connectivity index (χ0) is 28.6. The maximum absolute atomic E-state index is 13.5. The van der Waals surface area contributed by atoms with Gasteiger partial charge in [0.2, 0.25) is 5.88 Å². The van der Waals surface area contributed by atoms with Crippen LogP contribution in [-0.4, -0.2) is 34.0 Å². The third-order valence-electron chi connectivity index (χ3n) is 7.98. The van der Waals surface area contributed by atoms with Crippen molar-refractivity contribution in [2.24, 2.45) is 17.9 Å². The van der Waals surface area contributed by atoms with Crippen molar-refractivity contribution in [1.29, 1.82) is 0 Å². The van der Waals surface area contributed by atoms with Crippen LogP contribution >= 0.6 is 0 Å². The van der Waals surface area contributed by atoms with E-state index in [0.29, 0.717) is 39.7 Å². The van der Waals surface area contributed by atoms with E-state index < -0.39 is 8.32 Å². The Hall–Kier alpha value is -3.59. The van der Waals surface area contributed by atoms with E-state index in [0.717, 1.165) is 27.5 Å². The summed E-state index contributed by atoms with van der Waals surface area (Å²) in [6.07, 6.45) is 4.38. The van der Waals surface area contributed by atoms with E-state index >= 15 is 0 Å². The third kappa shape index (κ3) is 5.07. The molecule has 0 radical (unpaired) electrons. The molecule has 0 amide bonds. The fraction of sp³-hybridized carbons (Fsp3) is 0.400. The molecule has 0 aliphatic carbocycles. The van der Waals surface area contributed by atoms with Gasteiger partial charge in [0.05, 0.1) is 5.39 Å². The number of oxime groups is 1. The van der Waals surface area contributed by atoms with Gasteiger partial charge in [-0.3, -0.25) is 4.98 Å². The number of aromatic nitrogens is 2. The first-order valence-corrected chi connectivity index (χ1v) is 15.6. The molecular formula is C30H39FN4O3Si. The third-order valence-corrected chi connectivity index (χ3v) is 14.0. The number of rotatable bonds is 9. The molecule has 4 aromatic rings. The monoisotopic (exact) mass is 550 g/mol. The zero-order valence-electron chi connectivity index (χ0n) is 23.8. The van der Waals surface area contributed by atoms with E-state index in [2.05, 4.69) is 46.7 Å². The summed E-state index contributed by atoms with van der Waals surface area (Å²) >= 11 is 0. The Morgan fingerprint density at radius 2 is 1.67 bits per heavy atom. The minimum absolute atomic E-state index is 0.0498. The summed E-state index contributed by atoms with van der Waals surface area (Å²) in [5.74, 6) is 0.433. The van der Waals surface area contributed by atoms with Crippen molar-refractivity contribution in [2.75, 3.05) is 0 Å². The molecule has 0 saturated carbocycles. The summed E-state index contributed by atoms with van der Waals surface area (Å²) in [4.78, 5) is 4.91. The first-order chi connectivity index (χ1) is 18.4. The van der Waals surface area contributed by atoms with Gasteiger partial charge in [0.25, 0.3) is 8.32 Å². The summed E-state index contributed by atoms with van der Waals surface area (Å²) in [5.41, 5.74) is 10.2. The molecule has 0 fully saturated rings. The van der Waals surface area contributed by atoms with Gasteiger partial charge in [0.1, 0.15) is 22.9 Å². The Balaban J connectivity index is 2.06. The fourth-order valence-electron chi connectivity index (χ4n) is 6.22. The first-order valence-electron chi connectivity index (χ1n) is 13.4. The van der Waals surface area contributed by atoms with E-state index in [1.807, 2.05) is 12.3 Å². The Kier molecular flexibility index (Phi) is 7.93. The number of nitrogens with two attached hydrogens (primary N) is 1. The van der Waals surface area contributed by atoms with Gasteiger partial charge in [-0.2, -0.15) is 0 Å². The smallest absolute Gasteiger partial charge is 0.258 e. The lowest BCUT2D eigenvalue weighted by Gasteiger charge is -2.42. The van der Waals surface area contributed by atoms with Gasteiger partial charge in [-0.1, -0.05) is 58.8 Å². The predicted octanol–water partition coefficient (Wildman–Crippen LogP) is 7.01. The number of aromatic hydroxyl groups is 1. The van der Waals surface area contributed by atoms with Crippen LogP contribution in [0.25, 0.3) is 21.7 Å². The van der Waals surface area contributed by atoms with Crippen molar-refractivity contribution >= 4 is 35.8 Å². The quantitative estimate of drug-likeness (QED) is 0.0684. The molecule has 0 unspecified atom stereocenters. The van der Waals surface area contributed by atoms with Crippen molar-refractivity contribution in [3.63, 3.8) is 0 Å². The normalized spacial score (nSPS) is 12.9. The minimum Gasteiger partial charge on any atom is -0.541 e. The molecule has 0 spiro atoms. The predicted molar refractivity (Wildman–Crippen MR) is 158 cm³/mol. The van der Waals surface area contributed by atoms with E-state index in [-0.39, 0.29) is 24.0 Å². The molecule has 208 valence electrons. The van der Waals surface area contributed by atoms with Gasteiger partial charge in [0.15, 0.2) is 0 Å². The Bertz CT molecular complexity index is 1510. The van der Waals surface area contributed by atoms with Gasteiger partial charge >= 0.3 is 0 Å². The first kappa shape index (κ1) is 28.4. The topological polar surface area (TPSA) is 106 Å². The maximum Gasteiger partial charge on any atom is 0.258 e. The van der Waals surface area contributed by atoms with Crippen LogP contribution in [0.3, 0.4) is 0 Å². The molecule has 0 aliphatic heterocycles. The van der Waals surface area contributed by atoms with Gasteiger partial charge < -0.3 is 25.0 Å². The SMILES string of the molecule is CC(C)[Si](Oc1c2ncc(Cc3ccc(F)cc3)cc2c(CC(N)=NO)c2cn(C)c(O)c12)(C(C)C)C(C)C. The van der Waals surface area contributed by atoms with E-state index in [1.165, 1.54) is 12.1 Å². The zero-order valence-corrected chi connectivity index (χ0v) is 24.8. The van der Waals surface area contributed by atoms with Crippen molar-refractivity contribution in [1.82, 2.24) is 9.55 Å². The van der Waals surface area contributed by atoms with Gasteiger partial charge in [-0.25, -0.2) is 4.39 Å². The standard InChI is InChI=1S/C30H39FN4O3Si/c1-17(2)39(18(3)4,19(5)6)38-29-27-25(16-35(7)30(27)36)23(14-26(32)34-37)24-13-21(15-33-28(24)29)12-20-8-10-22(31)11-9-20/h8-11,13,15-19,36-37H,12,14H2,1-7H3,(H2,32,34). The average Bonchev–Trinajstić information content (AvgIpc) is 3.18. The van der Waals surface area contributed by atoms with Gasteiger partial charge in [0, 0.05) is 36.6 Å². The van der Waals surface area contributed by atoms with Crippen molar-refractivity contribution in [3.05, 3.63) is 65.2 Å². The molecule has 2 aromatic heterocycles. The second-order valence-electron chi connectivity index (χ2n) is 11.4. The minimum atomic E-state index is -2.44. The highest BCUT2D eigenvalue weighted by molar-refractivity contribution is 6.78. The second kappa shape index (κ2) is 10.9. The van der Waals surface area contributed by atoms with Gasteiger partial charge in [-0.15, -0.1) is 0 Å². The van der Waals surface area contributed by atoms with Gasteiger partial charge in [-0.05, 0) is 57.9 Å². The number of nitrogens with zero attached hydrogens (tertiary/aromatic N) is 3. The molecule has 39 heavy (non-hydrogen) atoms. The summed E-state index contributed by atoms with van der Waals surface area (Å²) in [6.45, 7) is 13.3. The highest BCUT2D eigenvalue weighted by Crippen LogP contribution is 2.49. The number of aryl methyl sites for hydroxylation is 1. The lowest BCUT2D eigenvalue weighted by atomic mass is 9.96. The van der Waals surface area contributed by atoms with Crippen LogP contribution in [-0.2, 0) is 19.9 Å². The molecule has 4 N–H and O–H groups in total. The average molecular weight is 551 g/mol. The number of amidine groups is 1. The molecule has 7 nitrogen and oxygen atoms in total. The van der Waals surface area contributed by atoms with Crippen LogP contribution in [0.4, 0.5) is 4.39 Å². The molecule has 0 atom stereocenters. The molecule has 2 heterocycles. The number of fused-ring (bicyclic) bond motifs is 2. The van der Waals surface area contributed by atoms with E-state index in [1.54, 1.807) is 29.9 Å². The van der Waals surface area contributed by atoms with Crippen LogP contribution in [0.15, 0.2) is 47.9 Å². The highest BCUT2D eigenvalue weighted by atomic mass is 28.4. The number of pyridine rings is 1. The molecular weight excluding hydrogens is 511 g/mol. The van der Waals surface area contributed by atoms with Crippen LogP contribution in [0.5, 0.6) is 11.6 Å². The van der Waals surface area contributed by atoms with Crippen LogP contribution in [0.1, 0.15) is 58.2 Å². The van der Waals surface area contributed by atoms with Crippen LogP contribution in [0.2, 0.25) is 16.6 Å². The number of hydrogen-bond donors (Lipinski definition) is 3. The molecule has 4 rings (SSSR count). The Morgan fingerprint density at radius 3 is 2.23 bits per heavy atom. The number of halogens is 1. The van der Waals surface area contributed by atoms with Crippen molar-refractivity contribution < 1.29 is 19.1 Å². The molecule has 0 bridgehead atoms. The molecule has 0 saturated heterocycles. The number of benzene rings is 2. The molecule has 9 heteroatoms. The molecule has 0 aliphatic rings. The largest absolute Gasteiger partial charge is 0.541 e. The van der Waals surface area contributed by atoms with Crippen molar-refractivity contribution in [3.8, 4) is 11.6 Å². The maximum atomic E-state index is 13.5. The lowest BCUT2D eigenvalue weighted by Crippen LogP contribution is -2.50. The van der Waals surface area contributed by atoms with Crippen LogP contribution < -0.4 is 10.2 Å². The summed E-state index contributed by atoms with van der Waals surface area (Å²) < 4.78 is 22.4. The number of hydrogen-bond acceptors (Lipinski definition) is 5. The van der Waals surface area contributed by atoms with Crippen LogP contribution in [0, 0.1) is 5.82 Å². The fourth-order valence-corrected chi connectivity index (χ4v) is 11.5. The summed E-state index contributed by atoms with van der Waals surface area (Å²) in [6, 6.07) is 8.47. The van der Waals surface area contributed by atoms with E-state index in [4.69, 9.17) is 15.1 Å². The summed E-state index contributed by atoms with van der Waals surface area (Å²) in [5, 5.41) is 26.1. The highest BCUT2D eigenvalue weighted by Gasteiger charge is 2.48. The van der Waals surface area contributed by atoms with Crippen molar-refractivity contribution in [2.45, 2.75) is 71.0 Å². The molecule has 2 aromatic carbocycles. The lowest BCUT2D eigenvalue weighted by molar-refractivity contribution is 0.317. The Labute approximate surface area is 230 Å².